The van der Waals surface area contributed by atoms with E-state index in [0.29, 0.717) is 27.7 Å². The highest BCUT2D eigenvalue weighted by molar-refractivity contribution is 7.92. The van der Waals surface area contributed by atoms with E-state index in [-0.39, 0.29) is 28.3 Å². The van der Waals surface area contributed by atoms with Crippen LogP contribution < -0.4 is 20.8 Å². The second-order valence-electron chi connectivity index (χ2n) is 8.16. The highest BCUT2D eigenvalue weighted by atomic mass is 32.2. The van der Waals surface area contributed by atoms with Crippen LogP contribution >= 0.6 is 0 Å². The summed E-state index contributed by atoms with van der Waals surface area (Å²) in [6, 6.07) is 15.3. The smallest absolute Gasteiger partial charge is 0.267 e. The van der Waals surface area contributed by atoms with Gasteiger partial charge >= 0.3 is 0 Å². The standard InChI is InChI=1S/C24H23N5O4S/c1-33-22-21(34(31,32)28-17-6-3-2-4-7-17)13-16(14-26-22)15-10-11-20-19(12-15)23(30)29(24(25)27-20)18-8-5-9-18/h2-4,6-7,10-14,18,28H,5,8-9H2,1H3,(H2,25,27). The molecule has 34 heavy (non-hydrogen) atoms. The molecule has 0 amide bonds. The number of benzene rings is 2. The second kappa shape index (κ2) is 8.45. The Hall–Kier alpha value is -3.92. The molecular weight excluding hydrogens is 454 g/mol. The van der Waals surface area contributed by atoms with Crippen molar-refractivity contribution in [1.82, 2.24) is 14.5 Å². The maximum absolute atomic E-state index is 13.2. The predicted molar refractivity (Wildman–Crippen MR) is 130 cm³/mol. The SMILES string of the molecule is COc1ncc(-c2ccc3nc(N)n(C4CCC4)c(=O)c3c2)cc1S(=O)(=O)Nc1ccccc1. The van der Waals surface area contributed by atoms with Crippen LogP contribution in [-0.4, -0.2) is 30.1 Å². The van der Waals surface area contributed by atoms with Gasteiger partial charge in [-0.15, -0.1) is 0 Å². The molecule has 2 aromatic heterocycles. The van der Waals surface area contributed by atoms with Gasteiger partial charge in [0.05, 0.1) is 18.0 Å². The van der Waals surface area contributed by atoms with Crippen molar-refractivity contribution in [2.75, 3.05) is 17.6 Å². The maximum atomic E-state index is 13.2. The van der Waals surface area contributed by atoms with Crippen LogP contribution in [0.15, 0.2) is 70.5 Å². The number of pyridine rings is 1. The Morgan fingerprint density at radius 3 is 2.53 bits per heavy atom. The summed E-state index contributed by atoms with van der Waals surface area (Å²) in [7, 11) is -2.63. The average molecular weight is 478 g/mol. The molecule has 10 heteroatoms. The number of rotatable bonds is 6. The quantitative estimate of drug-likeness (QED) is 0.434. The third-order valence-corrected chi connectivity index (χ3v) is 7.40. The van der Waals surface area contributed by atoms with Crippen molar-refractivity contribution in [2.45, 2.75) is 30.2 Å². The summed E-state index contributed by atoms with van der Waals surface area (Å²) >= 11 is 0. The highest BCUT2D eigenvalue weighted by Gasteiger charge is 2.25. The van der Waals surface area contributed by atoms with Gasteiger partial charge in [0, 0.05) is 23.5 Å². The first-order chi connectivity index (χ1) is 16.4. The van der Waals surface area contributed by atoms with Crippen molar-refractivity contribution < 1.29 is 13.2 Å². The zero-order valence-electron chi connectivity index (χ0n) is 18.4. The molecular formula is C24H23N5O4S. The van der Waals surface area contributed by atoms with E-state index in [9.17, 15) is 13.2 Å². The molecule has 174 valence electrons. The number of para-hydroxylation sites is 1. The van der Waals surface area contributed by atoms with Gasteiger partial charge in [0.15, 0.2) is 0 Å². The van der Waals surface area contributed by atoms with Crippen LogP contribution in [0.4, 0.5) is 11.6 Å². The molecule has 0 atom stereocenters. The van der Waals surface area contributed by atoms with Crippen molar-refractivity contribution in [3.63, 3.8) is 0 Å². The molecule has 0 unspecified atom stereocenters. The number of hydrogen-bond acceptors (Lipinski definition) is 7. The van der Waals surface area contributed by atoms with Crippen LogP contribution in [0, 0.1) is 0 Å². The molecule has 9 nitrogen and oxygen atoms in total. The Morgan fingerprint density at radius 1 is 1.09 bits per heavy atom. The molecule has 2 aromatic carbocycles. The van der Waals surface area contributed by atoms with Crippen LogP contribution in [0.5, 0.6) is 5.88 Å². The van der Waals surface area contributed by atoms with Gasteiger partial charge in [-0.05, 0) is 55.2 Å². The van der Waals surface area contributed by atoms with Gasteiger partial charge in [-0.1, -0.05) is 24.3 Å². The summed E-state index contributed by atoms with van der Waals surface area (Å²) in [5.74, 6) is 0.177. The fourth-order valence-corrected chi connectivity index (χ4v) is 5.25. The van der Waals surface area contributed by atoms with Gasteiger partial charge in [0.25, 0.3) is 15.6 Å². The monoisotopic (exact) mass is 477 g/mol. The molecule has 3 N–H and O–H groups in total. The van der Waals surface area contributed by atoms with Gasteiger partial charge < -0.3 is 10.5 Å². The summed E-state index contributed by atoms with van der Waals surface area (Å²) in [5, 5.41) is 0.418. The summed E-state index contributed by atoms with van der Waals surface area (Å²) in [6.07, 6.45) is 4.36. The lowest BCUT2D eigenvalue weighted by atomic mass is 9.92. The highest BCUT2D eigenvalue weighted by Crippen LogP contribution is 2.33. The zero-order valence-corrected chi connectivity index (χ0v) is 19.2. The van der Waals surface area contributed by atoms with E-state index < -0.39 is 10.0 Å². The van der Waals surface area contributed by atoms with E-state index in [1.54, 1.807) is 53.1 Å². The van der Waals surface area contributed by atoms with Gasteiger partial charge in [0.1, 0.15) is 4.90 Å². The first kappa shape index (κ1) is 21.9. The lowest BCUT2D eigenvalue weighted by Crippen LogP contribution is -2.31. The van der Waals surface area contributed by atoms with Gasteiger partial charge in [0.2, 0.25) is 11.8 Å². The van der Waals surface area contributed by atoms with Gasteiger partial charge in [-0.2, -0.15) is 0 Å². The van der Waals surface area contributed by atoms with Gasteiger partial charge in [-0.3, -0.25) is 14.1 Å². The minimum atomic E-state index is -3.99. The van der Waals surface area contributed by atoms with Crippen LogP contribution in [0.3, 0.4) is 0 Å². The molecule has 1 aliphatic carbocycles. The van der Waals surface area contributed by atoms with E-state index in [2.05, 4.69) is 14.7 Å². The molecule has 0 spiro atoms. The van der Waals surface area contributed by atoms with Crippen molar-refractivity contribution in [3.05, 3.63) is 71.1 Å². The fourth-order valence-electron chi connectivity index (χ4n) is 4.05. The number of fused-ring (bicyclic) bond motifs is 1. The number of nitrogens with two attached hydrogens (primary N) is 1. The van der Waals surface area contributed by atoms with Crippen LogP contribution in [0.1, 0.15) is 25.3 Å². The number of aromatic nitrogens is 3. The van der Waals surface area contributed by atoms with E-state index in [1.807, 2.05) is 0 Å². The Balaban J connectivity index is 1.60. The van der Waals surface area contributed by atoms with E-state index in [0.717, 1.165) is 19.3 Å². The first-order valence-corrected chi connectivity index (χ1v) is 12.3. The lowest BCUT2D eigenvalue weighted by Gasteiger charge is -2.28. The van der Waals surface area contributed by atoms with Crippen LogP contribution in [0.25, 0.3) is 22.0 Å². The predicted octanol–water partition coefficient (Wildman–Crippen LogP) is 3.58. The lowest BCUT2D eigenvalue weighted by molar-refractivity contribution is 0.309. The molecule has 1 fully saturated rings. The minimum absolute atomic E-state index is 0.0326. The van der Waals surface area contributed by atoms with E-state index in [4.69, 9.17) is 10.5 Å². The molecule has 0 saturated heterocycles. The molecule has 5 rings (SSSR count). The number of methoxy groups -OCH3 is 1. The molecule has 4 aromatic rings. The molecule has 0 aliphatic heterocycles. The number of ether oxygens (including phenoxy) is 1. The van der Waals surface area contributed by atoms with Crippen molar-refractivity contribution in [1.29, 1.82) is 0 Å². The topological polar surface area (TPSA) is 129 Å². The molecule has 1 saturated carbocycles. The normalized spacial score (nSPS) is 14.0. The Labute approximate surface area is 196 Å². The van der Waals surface area contributed by atoms with Crippen LogP contribution in [-0.2, 0) is 10.0 Å². The van der Waals surface area contributed by atoms with Crippen molar-refractivity contribution >= 4 is 32.6 Å². The second-order valence-corrected chi connectivity index (χ2v) is 9.82. The summed E-state index contributed by atoms with van der Waals surface area (Å²) in [5.41, 5.74) is 7.91. The van der Waals surface area contributed by atoms with Crippen molar-refractivity contribution in [2.24, 2.45) is 0 Å². The number of nitrogens with one attached hydrogen (secondary N) is 1. The average Bonchev–Trinajstić information content (AvgIpc) is 2.80. The minimum Gasteiger partial charge on any atom is -0.480 e. The molecule has 0 bridgehead atoms. The number of nitrogen functional groups attached to an aromatic ring is 1. The summed E-state index contributed by atoms with van der Waals surface area (Å²) < 4.78 is 35.6. The third-order valence-electron chi connectivity index (χ3n) is 6.03. The van der Waals surface area contributed by atoms with Crippen LogP contribution in [0.2, 0.25) is 0 Å². The number of hydrogen-bond donors (Lipinski definition) is 2. The molecule has 1 aliphatic rings. The third kappa shape index (κ3) is 3.86. The first-order valence-electron chi connectivity index (χ1n) is 10.8. The Kier molecular flexibility index (Phi) is 5.45. The number of anilines is 2. The Morgan fingerprint density at radius 2 is 1.85 bits per heavy atom. The Bertz CT molecular complexity index is 1550. The maximum Gasteiger partial charge on any atom is 0.267 e. The van der Waals surface area contributed by atoms with E-state index >= 15 is 0 Å². The summed E-state index contributed by atoms with van der Waals surface area (Å²) in [6.45, 7) is 0. The fraction of sp³-hybridized carbons (Fsp3) is 0.208. The van der Waals surface area contributed by atoms with Gasteiger partial charge in [-0.25, -0.2) is 18.4 Å². The van der Waals surface area contributed by atoms with Crippen molar-refractivity contribution in [3.8, 4) is 17.0 Å². The number of sulfonamides is 1. The summed E-state index contributed by atoms with van der Waals surface area (Å²) in [4.78, 5) is 21.7. The number of nitrogens with zero attached hydrogens (tertiary/aromatic N) is 3. The molecule has 2 heterocycles. The zero-order chi connectivity index (χ0) is 23.9. The largest absolute Gasteiger partial charge is 0.480 e. The molecule has 0 radical (unpaired) electrons. The van der Waals surface area contributed by atoms with E-state index in [1.165, 1.54) is 19.4 Å².